The number of hydrogen-bond acceptors (Lipinski definition) is 3. The number of fused-ring (bicyclic) bond motifs is 3. The number of ether oxygens (including phenoxy) is 2. The highest BCUT2D eigenvalue weighted by Crippen LogP contribution is 2.47. The van der Waals surface area contributed by atoms with Crippen molar-refractivity contribution >= 4 is 5.97 Å². The molecule has 0 aromatic heterocycles. The highest BCUT2D eigenvalue weighted by atomic mass is 16.5. The van der Waals surface area contributed by atoms with Crippen LogP contribution in [0.3, 0.4) is 0 Å². The van der Waals surface area contributed by atoms with E-state index < -0.39 is 12.1 Å². The van der Waals surface area contributed by atoms with Gasteiger partial charge in [0.25, 0.3) is 0 Å². The van der Waals surface area contributed by atoms with Gasteiger partial charge in [-0.05, 0) is 17.7 Å². The Hall–Kier alpha value is -2.49. The van der Waals surface area contributed by atoms with Crippen LogP contribution in [0.25, 0.3) is 11.1 Å². The molecule has 102 valence electrons. The summed E-state index contributed by atoms with van der Waals surface area (Å²) >= 11 is 0. The molecule has 0 bridgehead atoms. The molecule has 4 heteroatoms. The van der Waals surface area contributed by atoms with Crippen LogP contribution in [0.4, 0.5) is 0 Å². The van der Waals surface area contributed by atoms with Gasteiger partial charge in [-0.15, -0.1) is 0 Å². The Labute approximate surface area is 116 Å². The highest BCUT2D eigenvalue weighted by molar-refractivity contribution is 5.82. The fourth-order valence-electron chi connectivity index (χ4n) is 2.58. The topological polar surface area (TPSA) is 55.8 Å². The Morgan fingerprint density at radius 3 is 2.80 bits per heavy atom. The zero-order valence-electron chi connectivity index (χ0n) is 11.0. The number of rotatable bonds is 3. The predicted octanol–water partition coefficient (Wildman–Crippen LogP) is 3.27. The summed E-state index contributed by atoms with van der Waals surface area (Å²) in [6.45, 7) is 0. The average molecular weight is 270 g/mol. The minimum Gasteiger partial charge on any atom is -0.496 e. The van der Waals surface area contributed by atoms with Crippen molar-refractivity contribution in [3.8, 4) is 22.6 Å². The first-order valence-corrected chi connectivity index (χ1v) is 6.35. The van der Waals surface area contributed by atoms with E-state index in [1.54, 1.807) is 7.11 Å². The molecule has 0 saturated heterocycles. The van der Waals surface area contributed by atoms with E-state index in [1.807, 2.05) is 42.5 Å². The molecule has 1 N–H and O–H groups in total. The summed E-state index contributed by atoms with van der Waals surface area (Å²) in [5.74, 6) is 0.508. The maximum atomic E-state index is 11.0. The third-order valence-corrected chi connectivity index (χ3v) is 3.41. The van der Waals surface area contributed by atoms with Crippen molar-refractivity contribution < 1.29 is 19.4 Å². The van der Waals surface area contributed by atoms with Crippen LogP contribution >= 0.6 is 0 Å². The quantitative estimate of drug-likeness (QED) is 0.930. The first-order chi connectivity index (χ1) is 9.70. The van der Waals surface area contributed by atoms with Crippen molar-refractivity contribution in [2.75, 3.05) is 7.11 Å². The first kappa shape index (κ1) is 12.5. The van der Waals surface area contributed by atoms with Gasteiger partial charge in [-0.3, -0.25) is 4.79 Å². The minimum atomic E-state index is -0.879. The zero-order valence-corrected chi connectivity index (χ0v) is 11.0. The Morgan fingerprint density at radius 1 is 1.25 bits per heavy atom. The molecule has 4 nitrogen and oxygen atoms in total. The van der Waals surface area contributed by atoms with Crippen molar-refractivity contribution in [3.05, 3.63) is 48.0 Å². The van der Waals surface area contributed by atoms with Crippen LogP contribution in [0.15, 0.2) is 42.5 Å². The number of aliphatic carboxylic acids is 1. The van der Waals surface area contributed by atoms with E-state index in [-0.39, 0.29) is 6.42 Å². The van der Waals surface area contributed by atoms with Crippen molar-refractivity contribution in [1.29, 1.82) is 0 Å². The number of hydrogen-bond donors (Lipinski definition) is 1. The maximum Gasteiger partial charge on any atom is 0.307 e. The molecule has 20 heavy (non-hydrogen) atoms. The summed E-state index contributed by atoms with van der Waals surface area (Å²) in [6, 6.07) is 13.2. The summed E-state index contributed by atoms with van der Waals surface area (Å²) < 4.78 is 11.2. The summed E-state index contributed by atoms with van der Waals surface area (Å²) in [5.41, 5.74) is 2.73. The second-order valence-electron chi connectivity index (χ2n) is 4.63. The van der Waals surface area contributed by atoms with Crippen molar-refractivity contribution in [2.45, 2.75) is 12.5 Å². The van der Waals surface area contributed by atoms with E-state index in [1.165, 1.54) is 0 Å². The van der Waals surface area contributed by atoms with Crippen molar-refractivity contribution in [3.63, 3.8) is 0 Å². The van der Waals surface area contributed by atoms with Gasteiger partial charge in [0.05, 0.1) is 19.1 Å². The van der Waals surface area contributed by atoms with Gasteiger partial charge >= 0.3 is 5.97 Å². The molecule has 1 atom stereocenters. The lowest BCUT2D eigenvalue weighted by Gasteiger charge is -2.28. The van der Waals surface area contributed by atoms with Crippen LogP contribution in [-0.4, -0.2) is 18.2 Å². The van der Waals surface area contributed by atoms with Crippen LogP contribution in [0.2, 0.25) is 0 Å². The molecular formula is C16H14O4. The highest BCUT2D eigenvalue weighted by Gasteiger charge is 2.29. The molecule has 2 aromatic rings. The molecule has 1 heterocycles. The second kappa shape index (κ2) is 4.89. The van der Waals surface area contributed by atoms with Crippen LogP contribution in [0, 0.1) is 0 Å². The molecule has 0 fully saturated rings. The number of methoxy groups -OCH3 is 1. The van der Waals surface area contributed by atoms with Gasteiger partial charge in [0.15, 0.2) is 0 Å². The molecule has 2 aromatic carbocycles. The van der Waals surface area contributed by atoms with Crippen LogP contribution in [0.1, 0.15) is 18.1 Å². The van der Waals surface area contributed by atoms with Crippen LogP contribution < -0.4 is 9.47 Å². The molecule has 0 saturated carbocycles. The summed E-state index contributed by atoms with van der Waals surface area (Å²) in [6.07, 6.45) is -0.531. The van der Waals surface area contributed by atoms with Gasteiger partial charge in [-0.2, -0.15) is 0 Å². The SMILES string of the molecule is COc1cccc2c1-c1ccccc1C(CC(=O)O)O2. The fraction of sp³-hybridized carbons (Fsp3) is 0.188. The second-order valence-corrected chi connectivity index (χ2v) is 4.63. The van der Waals surface area contributed by atoms with Gasteiger partial charge in [0.2, 0.25) is 0 Å². The molecule has 0 amide bonds. The summed E-state index contributed by atoms with van der Waals surface area (Å²) in [7, 11) is 1.61. The van der Waals surface area contributed by atoms with E-state index >= 15 is 0 Å². The Balaban J connectivity index is 2.18. The standard InChI is InChI=1S/C16H14O4/c1-19-12-7-4-8-13-16(12)11-6-3-2-5-10(11)14(20-13)9-15(17)18/h2-8,14H,9H2,1H3,(H,17,18). The van der Waals surface area contributed by atoms with Gasteiger partial charge in [0.1, 0.15) is 17.6 Å². The first-order valence-electron chi connectivity index (χ1n) is 6.35. The molecule has 3 rings (SSSR count). The predicted molar refractivity (Wildman–Crippen MR) is 74.1 cm³/mol. The Morgan fingerprint density at radius 2 is 2.05 bits per heavy atom. The third-order valence-electron chi connectivity index (χ3n) is 3.41. The van der Waals surface area contributed by atoms with Crippen molar-refractivity contribution in [1.82, 2.24) is 0 Å². The number of benzene rings is 2. The lowest BCUT2D eigenvalue weighted by molar-refractivity contribution is -0.138. The Bertz CT molecular complexity index is 663. The van der Waals surface area contributed by atoms with Gasteiger partial charge in [-0.25, -0.2) is 0 Å². The molecule has 0 radical (unpaired) electrons. The van der Waals surface area contributed by atoms with E-state index in [2.05, 4.69) is 0 Å². The van der Waals surface area contributed by atoms with E-state index in [4.69, 9.17) is 14.6 Å². The number of carboxylic acid groups (broad SMARTS) is 1. The van der Waals surface area contributed by atoms with Gasteiger partial charge in [-0.1, -0.05) is 30.3 Å². The van der Waals surface area contributed by atoms with Crippen molar-refractivity contribution in [2.24, 2.45) is 0 Å². The maximum absolute atomic E-state index is 11.0. The van der Waals surface area contributed by atoms with Crippen LogP contribution in [0.5, 0.6) is 11.5 Å². The monoisotopic (exact) mass is 270 g/mol. The van der Waals surface area contributed by atoms with E-state index in [0.717, 1.165) is 22.4 Å². The summed E-state index contributed by atoms with van der Waals surface area (Å²) in [4.78, 5) is 11.0. The normalized spacial score (nSPS) is 15.8. The largest absolute Gasteiger partial charge is 0.496 e. The molecular weight excluding hydrogens is 256 g/mol. The third kappa shape index (κ3) is 1.99. The fourth-order valence-corrected chi connectivity index (χ4v) is 2.58. The smallest absolute Gasteiger partial charge is 0.307 e. The average Bonchev–Trinajstić information content (AvgIpc) is 2.46. The zero-order chi connectivity index (χ0) is 14.1. The number of carbonyl (C=O) groups is 1. The van der Waals surface area contributed by atoms with Gasteiger partial charge < -0.3 is 14.6 Å². The van der Waals surface area contributed by atoms with E-state index in [0.29, 0.717) is 5.75 Å². The Kier molecular flexibility index (Phi) is 3.06. The molecule has 1 aliphatic heterocycles. The van der Waals surface area contributed by atoms with Gasteiger partial charge in [0, 0.05) is 5.56 Å². The molecule has 1 unspecified atom stereocenters. The lowest BCUT2D eigenvalue weighted by atomic mass is 9.91. The molecule has 1 aliphatic rings. The molecule has 0 spiro atoms. The molecule has 0 aliphatic carbocycles. The summed E-state index contributed by atoms with van der Waals surface area (Å²) in [5, 5.41) is 9.04. The van der Waals surface area contributed by atoms with E-state index in [9.17, 15) is 4.79 Å². The van der Waals surface area contributed by atoms with Crippen LogP contribution in [-0.2, 0) is 4.79 Å². The minimum absolute atomic E-state index is 0.0618. The number of carboxylic acids is 1. The lowest BCUT2D eigenvalue weighted by Crippen LogP contribution is -2.17.